The summed E-state index contributed by atoms with van der Waals surface area (Å²) in [6.45, 7) is 3.47. The van der Waals surface area contributed by atoms with Crippen molar-refractivity contribution in [1.29, 1.82) is 0 Å². The Balaban J connectivity index is 1.83. The summed E-state index contributed by atoms with van der Waals surface area (Å²) in [5.41, 5.74) is 1.37. The lowest BCUT2D eigenvalue weighted by Crippen LogP contribution is -3.18. The summed E-state index contributed by atoms with van der Waals surface area (Å²) in [4.78, 5) is 1.77. The summed E-state index contributed by atoms with van der Waals surface area (Å²) in [6.07, 6.45) is 4.44. The molecule has 3 rings (SSSR count). The van der Waals surface area contributed by atoms with Crippen LogP contribution in [0.3, 0.4) is 0 Å². The lowest BCUT2D eigenvalue weighted by molar-refractivity contribution is -0.944. The van der Waals surface area contributed by atoms with Crippen LogP contribution in [0.15, 0.2) is 30.3 Å². The Labute approximate surface area is 97.2 Å². The van der Waals surface area contributed by atoms with Gasteiger partial charge in [-0.25, -0.2) is 0 Å². The second-order valence-corrected chi connectivity index (χ2v) is 4.96. The van der Waals surface area contributed by atoms with Crippen LogP contribution in [-0.2, 0) is 4.74 Å². The number of hydrogen-bond acceptors (Lipinski definition) is 1. The molecule has 2 aliphatic heterocycles. The number of fused-ring (bicyclic) bond motifs is 1. The average Bonchev–Trinajstić information content (AvgIpc) is 2.39. The van der Waals surface area contributed by atoms with Crippen LogP contribution in [-0.4, -0.2) is 25.7 Å². The van der Waals surface area contributed by atoms with Crippen molar-refractivity contribution in [2.75, 3.05) is 19.7 Å². The Morgan fingerprint density at radius 2 is 1.94 bits per heavy atom. The van der Waals surface area contributed by atoms with Gasteiger partial charge in [0, 0.05) is 6.42 Å². The molecule has 3 atom stereocenters. The zero-order chi connectivity index (χ0) is 10.8. The van der Waals surface area contributed by atoms with Crippen LogP contribution in [0.5, 0.6) is 0 Å². The van der Waals surface area contributed by atoms with Crippen molar-refractivity contribution in [3.05, 3.63) is 35.9 Å². The molecule has 86 valence electrons. The van der Waals surface area contributed by atoms with E-state index in [4.69, 9.17) is 4.74 Å². The van der Waals surface area contributed by atoms with Gasteiger partial charge in [-0.05, 0) is 18.4 Å². The lowest BCUT2D eigenvalue weighted by atomic mass is 9.92. The Morgan fingerprint density at radius 3 is 2.81 bits per heavy atom. The van der Waals surface area contributed by atoms with E-state index in [0.29, 0.717) is 12.1 Å². The second kappa shape index (κ2) is 4.56. The minimum Gasteiger partial charge on any atom is -0.361 e. The number of quaternary nitrogens is 1. The van der Waals surface area contributed by atoms with E-state index in [0.717, 1.165) is 6.61 Å². The van der Waals surface area contributed by atoms with E-state index >= 15 is 0 Å². The highest BCUT2D eigenvalue weighted by Crippen LogP contribution is 2.25. The van der Waals surface area contributed by atoms with Crippen LogP contribution in [0.2, 0.25) is 0 Å². The molecule has 2 heteroatoms. The van der Waals surface area contributed by atoms with Crippen LogP contribution >= 0.6 is 0 Å². The third kappa shape index (κ3) is 1.87. The lowest BCUT2D eigenvalue weighted by Gasteiger charge is -2.41. The number of nitrogens with one attached hydrogen (secondary N) is 1. The normalized spacial score (nSPS) is 34.4. The van der Waals surface area contributed by atoms with E-state index in [1.807, 2.05) is 0 Å². The molecule has 2 saturated heterocycles. The summed E-state index contributed by atoms with van der Waals surface area (Å²) in [5.74, 6) is 0. The van der Waals surface area contributed by atoms with Crippen LogP contribution in [0.1, 0.15) is 30.9 Å². The number of benzene rings is 1. The third-order valence-corrected chi connectivity index (χ3v) is 4.00. The van der Waals surface area contributed by atoms with Gasteiger partial charge in [-0.2, -0.15) is 0 Å². The summed E-state index contributed by atoms with van der Waals surface area (Å²) >= 11 is 0. The van der Waals surface area contributed by atoms with Crippen molar-refractivity contribution >= 4 is 0 Å². The number of morpholine rings is 1. The quantitative estimate of drug-likeness (QED) is 0.747. The molecule has 2 nitrogen and oxygen atoms in total. The highest BCUT2D eigenvalue weighted by Gasteiger charge is 2.38. The molecule has 0 radical (unpaired) electrons. The van der Waals surface area contributed by atoms with Gasteiger partial charge in [-0.1, -0.05) is 30.3 Å². The largest absolute Gasteiger partial charge is 0.361 e. The van der Waals surface area contributed by atoms with E-state index in [1.165, 1.54) is 37.9 Å². The molecule has 0 bridgehead atoms. The molecule has 2 aliphatic rings. The summed E-state index contributed by atoms with van der Waals surface area (Å²) in [5, 5.41) is 0. The molecule has 0 spiro atoms. The Kier molecular flexibility index (Phi) is 2.94. The van der Waals surface area contributed by atoms with Crippen LogP contribution in [0.4, 0.5) is 0 Å². The number of piperidine rings is 1. The predicted molar refractivity (Wildman–Crippen MR) is 63.5 cm³/mol. The predicted octanol–water partition coefficient (Wildman–Crippen LogP) is 1.20. The van der Waals surface area contributed by atoms with Gasteiger partial charge in [0.2, 0.25) is 0 Å². The SMILES string of the molecule is c1ccc([C@@H]2OCC[NH+]3CCCC[C@@H]23)cc1. The maximum Gasteiger partial charge on any atom is 0.134 e. The van der Waals surface area contributed by atoms with Gasteiger partial charge in [0.05, 0.1) is 13.2 Å². The first kappa shape index (κ1) is 10.3. The molecule has 0 saturated carbocycles. The molecule has 1 unspecified atom stereocenters. The van der Waals surface area contributed by atoms with Gasteiger partial charge in [0.1, 0.15) is 18.7 Å². The molecule has 0 amide bonds. The van der Waals surface area contributed by atoms with E-state index in [1.54, 1.807) is 4.90 Å². The zero-order valence-electron chi connectivity index (χ0n) is 9.69. The molecule has 0 aromatic heterocycles. The fourth-order valence-electron chi connectivity index (χ4n) is 3.19. The van der Waals surface area contributed by atoms with Crippen LogP contribution < -0.4 is 4.90 Å². The van der Waals surface area contributed by atoms with Crippen molar-refractivity contribution in [2.45, 2.75) is 31.4 Å². The van der Waals surface area contributed by atoms with Gasteiger partial charge >= 0.3 is 0 Å². The number of ether oxygens (including phenoxy) is 1. The average molecular weight is 218 g/mol. The summed E-state index contributed by atoms with van der Waals surface area (Å²) < 4.78 is 6.01. The molecule has 0 aliphatic carbocycles. The van der Waals surface area contributed by atoms with Gasteiger partial charge in [-0.15, -0.1) is 0 Å². The van der Waals surface area contributed by atoms with E-state index < -0.39 is 0 Å². The highest BCUT2D eigenvalue weighted by molar-refractivity contribution is 5.19. The minimum absolute atomic E-state index is 0.338. The Morgan fingerprint density at radius 1 is 1.06 bits per heavy atom. The molecule has 2 fully saturated rings. The fourth-order valence-corrected chi connectivity index (χ4v) is 3.19. The standard InChI is InChI=1S/C14H19NO/c1-2-6-12(7-3-1)14-13-8-4-5-9-15(13)10-11-16-14/h1-3,6-7,13-14H,4-5,8-11H2/p+1/t13-,14-/m0/s1. The first-order chi connectivity index (χ1) is 7.95. The van der Waals surface area contributed by atoms with E-state index in [9.17, 15) is 0 Å². The van der Waals surface area contributed by atoms with E-state index in [-0.39, 0.29) is 0 Å². The van der Waals surface area contributed by atoms with Gasteiger partial charge in [0.15, 0.2) is 0 Å². The highest BCUT2D eigenvalue weighted by atomic mass is 16.5. The number of hydrogen-bond donors (Lipinski definition) is 1. The van der Waals surface area contributed by atoms with Crippen LogP contribution in [0, 0.1) is 0 Å². The summed E-state index contributed by atoms with van der Waals surface area (Å²) in [6, 6.07) is 11.4. The van der Waals surface area contributed by atoms with Crippen molar-refractivity contribution in [1.82, 2.24) is 0 Å². The van der Waals surface area contributed by atoms with Crippen molar-refractivity contribution < 1.29 is 9.64 Å². The number of rotatable bonds is 1. The topological polar surface area (TPSA) is 13.7 Å². The minimum atomic E-state index is 0.338. The first-order valence-electron chi connectivity index (χ1n) is 6.46. The van der Waals surface area contributed by atoms with Gasteiger partial charge < -0.3 is 9.64 Å². The molecule has 16 heavy (non-hydrogen) atoms. The fraction of sp³-hybridized carbons (Fsp3) is 0.571. The molecular formula is C14H20NO+. The third-order valence-electron chi connectivity index (χ3n) is 4.00. The van der Waals surface area contributed by atoms with Gasteiger partial charge in [-0.3, -0.25) is 0 Å². The van der Waals surface area contributed by atoms with Crippen molar-refractivity contribution in [3.63, 3.8) is 0 Å². The van der Waals surface area contributed by atoms with Crippen molar-refractivity contribution in [2.24, 2.45) is 0 Å². The molecule has 1 aromatic rings. The molecule has 2 heterocycles. The first-order valence-corrected chi connectivity index (χ1v) is 6.46. The smallest absolute Gasteiger partial charge is 0.134 e. The maximum atomic E-state index is 6.01. The Bertz CT molecular complexity index is 336. The second-order valence-electron chi connectivity index (χ2n) is 4.96. The molecule has 1 N–H and O–H groups in total. The molecular weight excluding hydrogens is 198 g/mol. The van der Waals surface area contributed by atoms with E-state index in [2.05, 4.69) is 30.3 Å². The zero-order valence-corrected chi connectivity index (χ0v) is 9.69. The monoisotopic (exact) mass is 218 g/mol. The summed E-state index contributed by atoms with van der Waals surface area (Å²) in [7, 11) is 0. The molecule has 1 aromatic carbocycles. The maximum absolute atomic E-state index is 6.01. The van der Waals surface area contributed by atoms with Crippen molar-refractivity contribution in [3.8, 4) is 0 Å². The van der Waals surface area contributed by atoms with Crippen LogP contribution in [0.25, 0.3) is 0 Å². The Hall–Kier alpha value is -0.860. The van der Waals surface area contributed by atoms with Gasteiger partial charge in [0.25, 0.3) is 0 Å².